The van der Waals surface area contributed by atoms with E-state index in [9.17, 15) is 14.4 Å². The summed E-state index contributed by atoms with van der Waals surface area (Å²) in [6.45, 7) is 3.56. The van der Waals surface area contributed by atoms with Crippen LogP contribution in [0.1, 0.15) is 21.5 Å². The first kappa shape index (κ1) is 20.0. The van der Waals surface area contributed by atoms with Gasteiger partial charge in [-0.3, -0.25) is 9.59 Å². The van der Waals surface area contributed by atoms with Crippen LogP contribution in [0.2, 0.25) is 0 Å². The number of hydrogen-bond acceptors (Lipinski definition) is 5. The number of amides is 2. The van der Waals surface area contributed by atoms with Crippen LogP contribution in [-0.2, 0) is 14.3 Å². The smallest absolute Gasteiger partial charge is 0.343 e. The molecule has 27 heavy (non-hydrogen) atoms. The second-order valence-corrected chi connectivity index (χ2v) is 5.92. The lowest BCUT2D eigenvalue weighted by atomic mass is 10.1. The molecular weight excluding hydrogens is 348 g/mol. The minimum atomic E-state index is -0.480. The van der Waals surface area contributed by atoms with Gasteiger partial charge >= 0.3 is 5.97 Å². The molecule has 142 valence electrons. The summed E-state index contributed by atoms with van der Waals surface area (Å²) in [5.74, 6) is -0.663. The summed E-state index contributed by atoms with van der Waals surface area (Å²) >= 11 is 0. The maximum absolute atomic E-state index is 12.1. The predicted octanol–water partition coefficient (Wildman–Crippen LogP) is 2.22. The monoisotopic (exact) mass is 370 g/mol. The first-order valence-electron chi connectivity index (χ1n) is 8.34. The van der Waals surface area contributed by atoms with Crippen LogP contribution in [0.5, 0.6) is 5.75 Å². The number of methoxy groups -OCH3 is 1. The minimum Gasteiger partial charge on any atom is -0.482 e. The van der Waals surface area contributed by atoms with E-state index in [1.807, 2.05) is 19.9 Å². The van der Waals surface area contributed by atoms with Crippen molar-refractivity contribution in [1.29, 1.82) is 0 Å². The van der Waals surface area contributed by atoms with Crippen molar-refractivity contribution in [3.63, 3.8) is 0 Å². The van der Waals surface area contributed by atoms with E-state index in [2.05, 4.69) is 15.4 Å². The summed E-state index contributed by atoms with van der Waals surface area (Å²) < 4.78 is 9.70. The van der Waals surface area contributed by atoms with Crippen LogP contribution in [0.15, 0.2) is 42.5 Å². The largest absolute Gasteiger partial charge is 0.482 e. The van der Waals surface area contributed by atoms with Gasteiger partial charge in [-0.15, -0.1) is 0 Å². The van der Waals surface area contributed by atoms with Gasteiger partial charge in [-0.2, -0.15) is 0 Å². The predicted molar refractivity (Wildman–Crippen MR) is 101 cm³/mol. The zero-order valence-corrected chi connectivity index (χ0v) is 15.5. The topological polar surface area (TPSA) is 93.7 Å². The number of esters is 1. The Bertz CT molecular complexity index is 831. The van der Waals surface area contributed by atoms with Crippen molar-refractivity contribution in [2.24, 2.45) is 0 Å². The van der Waals surface area contributed by atoms with E-state index in [-0.39, 0.29) is 25.0 Å². The molecule has 0 atom stereocenters. The van der Waals surface area contributed by atoms with Crippen LogP contribution in [-0.4, -0.2) is 38.0 Å². The Labute approximate surface area is 157 Å². The number of hydrogen-bond donors (Lipinski definition) is 2. The summed E-state index contributed by atoms with van der Waals surface area (Å²) in [5, 5.41) is 5.26. The van der Waals surface area contributed by atoms with E-state index in [1.165, 1.54) is 7.11 Å². The molecule has 0 bridgehead atoms. The molecule has 0 fully saturated rings. The average molecular weight is 370 g/mol. The normalized spacial score (nSPS) is 10.0. The second kappa shape index (κ2) is 9.38. The van der Waals surface area contributed by atoms with Gasteiger partial charge in [0.05, 0.1) is 13.7 Å². The Kier molecular flexibility index (Phi) is 6.93. The molecule has 2 aromatic rings. The highest BCUT2D eigenvalue weighted by atomic mass is 16.6. The average Bonchev–Trinajstić information content (AvgIpc) is 2.67. The van der Waals surface area contributed by atoms with Crippen molar-refractivity contribution in [3.8, 4) is 5.75 Å². The van der Waals surface area contributed by atoms with Crippen LogP contribution in [0, 0.1) is 13.8 Å². The van der Waals surface area contributed by atoms with E-state index in [0.29, 0.717) is 17.0 Å². The van der Waals surface area contributed by atoms with Crippen LogP contribution in [0.3, 0.4) is 0 Å². The number of aryl methyl sites for hydroxylation is 2. The summed E-state index contributed by atoms with van der Waals surface area (Å²) in [4.78, 5) is 35.1. The van der Waals surface area contributed by atoms with Gasteiger partial charge in [0.1, 0.15) is 5.75 Å². The molecule has 2 aromatic carbocycles. The van der Waals surface area contributed by atoms with Gasteiger partial charge in [0, 0.05) is 11.3 Å². The Hall–Kier alpha value is -3.35. The van der Waals surface area contributed by atoms with Crippen LogP contribution in [0.4, 0.5) is 5.69 Å². The summed E-state index contributed by atoms with van der Waals surface area (Å²) in [7, 11) is 1.28. The van der Waals surface area contributed by atoms with Gasteiger partial charge in [-0.1, -0.05) is 6.07 Å². The van der Waals surface area contributed by atoms with E-state index < -0.39 is 5.97 Å². The molecule has 2 amide bonds. The van der Waals surface area contributed by atoms with Gasteiger partial charge in [0.15, 0.2) is 6.61 Å². The van der Waals surface area contributed by atoms with E-state index in [1.54, 1.807) is 36.4 Å². The first-order valence-corrected chi connectivity index (χ1v) is 8.34. The molecule has 2 N–H and O–H groups in total. The van der Waals surface area contributed by atoms with Gasteiger partial charge in [0.2, 0.25) is 5.91 Å². The van der Waals surface area contributed by atoms with Crippen molar-refractivity contribution in [3.05, 3.63) is 59.2 Å². The fraction of sp³-hybridized carbons (Fsp3) is 0.250. The van der Waals surface area contributed by atoms with Crippen molar-refractivity contribution < 1.29 is 23.9 Å². The standard InChI is InChI=1S/C20H22N2O5/c1-13-4-5-15(10-14(13)2)20(25)21-11-18(23)22-16-6-8-17(9-7-16)27-12-19(24)26-3/h4-10H,11-12H2,1-3H3,(H,21,25)(H,22,23). The molecule has 0 heterocycles. The summed E-state index contributed by atoms with van der Waals surface area (Å²) in [6, 6.07) is 11.9. The Morgan fingerprint density at radius 3 is 2.30 bits per heavy atom. The third-order valence-electron chi connectivity index (χ3n) is 3.90. The molecule has 0 saturated heterocycles. The second-order valence-electron chi connectivity index (χ2n) is 5.92. The number of carbonyl (C=O) groups is 3. The fourth-order valence-electron chi connectivity index (χ4n) is 2.19. The lowest BCUT2D eigenvalue weighted by Gasteiger charge is -2.09. The van der Waals surface area contributed by atoms with Gasteiger partial charge in [-0.25, -0.2) is 4.79 Å². The fourth-order valence-corrected chi connectivity index (χ4v) is 2.19. The molecule has 0 aliphatic rings. The zero-order valence-electron chi connectivity index (χ0n) is 15.5. The number of anilines is 1. The maximum Gasteiger partial charge on any atom is 0.343 e. The van der Waals surface area contributed by atoms with Crippen molar-refractivity contribution in [2.75, 3.05) is 25.6 Å². The molecule has 0 aliphatic carbocycles. The molecular formula is C20H22N2O5. The lowest BCUT2D eigenvalue weighted by Crippen LogP contribution is -2.32. The van der Waals surface area contributed by atoms with Crippen LogP contribution < -0.4 is 15.4 Å². The van der Waals surface area contributed by atoms with Crippen LogP contribution in [0.25, 0.3) is 0 Å². The SMILES string of the molecule is COC(=O)COc1ccc(NC(=O)CNC(=O)c2ccc(C)c(C)c2)cc1. The minimum absolute atomic E-state index is 0.146. The lowest BCUT2D eigenvalue weighted by molar-refractivity contribution is -0.142. The van der Waals surface area contributed by atoms with Crippen molar-refractivity contribution >= 4 is 23.5 Å². The molecule has 0 radical (unpaired) electrons. The number of rotatable bonds is 7. The highest BCUT2D eigenvalue weighted by Crippen LogP contribution is 2.15. The van der Waals surface area contributed by atoms with Crippen molar-refractivity contribution in [1.82, 2.24) is 5.32 Å². The molecule has 0 unspecified atom stereocenters. The highest BCUT2D eigenvalue weighted by molar-refractivity contribution is 5.99. The first-order chi connectivity index (χ1) is 12.9. The summed E-state index contributed by atoms with van der Waals surface area (Å²) in [5.41, 5.74) is 3.17. The number of nitrogens with one attached hydrogen (secondary N) is 2. The van der Waals surface area contributed by atoms with E-state index >= 15 is 0 Å². The molecule has 7 nitrogen and oxygen atoms in total. The third kappa shape index (κ3) is 6.14. The highest BCUT2D eigenvalue weighted by Gasteiger charge is 2.09. The molecule has 0 aromatic heterocycles. The third-order valence-corrected chi connectivity index (χ3v) is 3.90. The van der Waals surface area contributed by atoms with Gasteiger partial charge in [-0.05, 0) is 61.4 Å². The number of carbonyl (C=O) groups excluding carboxylic acids is 3. The Morgan fingerprint density at radius 2 is 1.67 bits per heavy atom. The summed E-state index contributed by atoms with van der Waals surface area (Å²) in [6.07, 6.45) is 0. The zero-order chi connectivity index (χ0) is 19.8. The van der Waals surface area contributed by atoms with Crippen molar-refractivity contribution in [2.45, 2.75) is 13.8 Å². The number of ether oxygens (including phenoxy) is 2. The Balaban J connectivity index is 1.82. The molecule has 7 heteroatoms. The Morgan fingerprint density at radius 1 is 0.963 bits per heavy atom. The maximum atomic E-state index is 12.1. The van der Waals surface area contributed by atoms with Crippen LogP contribution >= 0.6 is 0 Å². The quantitative estimate of drug-likeness (QED) is 0.729. The molecule has 0 spiro atoms. The van der Waals surface area contributed by atoms with Gasteiger partial charge in [0.25, 0.3) is 5.91 Å². The number of benzene rings is 2. The van der Waals surface area contributed by atoms with E-state index in [0.717, 1.165) is 11.1 Å². The van der Waals surface area contributed by atoms with Gasteiger partial charge < -0.3 is 20.1 Å². The molecule has 2 rings (SSSR count). The molecule has 0 saturated carbocycles. The molecule has 0 aliphatic heterocycles. The van der Waals surface area contributed by atoms with E-state index in [4.69, 9.17) is 4.74 Å².